The first-order valence-corrected chi connectivity index (χ1v) is 11.1. The summed E-state index contributed by atoms with van der Waals surface area (Å²) in [5.41, 5.74) is -5.10. The Labute approximate surface area is 215 Å². The molecule has 3 aromatic carbocycles. The topological polar surface area (TPSA) is 58.2 Å². The number of halogens is 9. The largest absolute Gasteiger partial charge is 0.416 e. The van der Waals surface area contributed by atoms with Gasteiger partial charge in [0.15, 0.2) is 0 Å². The zero-order chi connectivity index (χ0) is 29.2. The third-order valence-corrected chi connectivity index (χ3v) is 5.44. The van der Waals surface area contributed by atoms with Crippen LogP contribution in [-0.4, -0.2) is 11.8 Å². The second kappa shape index (κ2) is 11.0. The van der Waals surface area contributed by atoms with Crippen LogP contribution in [0.4, 0.5) is 50.9 Å². The number of aryl methyl sites for hydroxylation is 1. The van der Waals surface area contributed by atoms with Crippen LogP contribution in [0, 0.1) is 12.8 Å². The number of rotatable bonds is 6. The maximum atomic E-state index is 13.2. The molecule has 3 aromatic rings. The van der Waals surface area contributed by atoms with Crippen molar-refractivity contribution >= 4 is 23.2 Å². The van der Waals surface area contributed by atoms with Gasteiger partial charge >= 0.3 is 18.5 Å². The third kappa shape index (κ3) is 7.98. The molecule has 0 saturated carbocycles. The van der Waals surface area contributed by atoms with Crippen molar-refractivity contribution in [2.75, 3.05) is 10.6 Å². The number of hydrogen-bond acceptors (Lipinski definition) is 2. The second-order valence-corrected chi connectivity index (χ2v) is 8.60. The molecule has 2 N–H and O–H groups in total. The third-order valence-electron chi connectivity index (χ3n) is 5.44. The van der Waals surface area contributed by atoms with Crippen molar-refractivity contribution in [1.29, 1.82) is 0 Å². The highest BCUT2D eigenvalue weighted by atomic mass is 19.4. The molecule has 0 aliphatic rings. The number of carbonyl (C=O) groups excluding carboxylic acids is 2. The summed E-state index contributed by atoms with van der Waals surface area (Å²) in [6.07, 6.45) is -15.5. The fourth-order valence-electron chi connectivity index (χ4n) is 3.66. The predicted molar refractivity (Wildman–Crippen MR) is 124 cm³/mol. The fraction of sp³-hybridized carbons (Fsp3) is 0.231. The Morgan fingerprint density at radius 3 is 1.49 bits per heavy atom. The SMILES string of the molecule is Cc1cc(NC(=O)C(Cc2ccccc2)C(=O)Nc2cc(C(F)(F)F)cc(C(F)(F)F)c2)cc(C(F)(F)F)c1. The quantitative estimate of drug-likeness (QED) is 0.242. The lowest BCUT2D eigenvalue weighted by Crippen LogP contribution is -2.35. The molecule has 0 bridgehead atoms. The molecule has 1 atom stereocenters. The molecule has 0 fully saturated rings. The van der Waals surface area contributed by atoms with Gasteiger partial charge < -0.3 is 10.6 Å². The number of anilines is 2. The molecule has 0 saturated heterocycles. The van der Waals surface area contributed by atoms with Crippen molar-refractivity contribution in [2.24, 2.45) is 5.92 Å². The zero-order valence-corrected chi connectivity index (χ0v) is 19.9. The van der Waals surface area contributed by atoms with E-state index < -0.39 is 58.6 Å². The molecule has 0 aliphatic carbocycles. The predicted octanol–water partition coefficient (Wildman–Crippen LogP) is 7.49. The van der Waals surface area contributed by atoms with E-state index in [-0.39, 0.29) is 35.9 Å². The van der Waals surface area contributed by atoms with Gasteiger partial charge in [-0.05, 0) is 60.9 Å². The molecule has 0 aliphatic heterocycles. The van der Waals surface area contributed by atoms with Crippen LogP contribution in [-0.2, 0) is 34.5 Å². The second-order valence-electron chi connectivity index (χ2n) is 8.60. The monoisotopic (exact) mass is 562 g/mol. The van der Waals surface area contributed by atoms with Gasteiger partial charge in [-0.15, -0.1) is 0 Å². The van der Waals surface area contributed by atoms with Gasteiger partial charge in [-0.1, -0.05) is 30.3 Å². The summed E-state index contributed by atoms with van der Waals surface area (Å²) < 4.78 is 119. The van der Waals surface area contributed by atoms with Crippen molar-refractivity contribution in [1.82, 2.24) is 0 Å². The standard InChI is InChI=1S/C26H19F9N2O2/c1-14-7-16(24(27,28)29)11-19(8-14)36-22(38)21(9-15-5-3-2-4-6-15)23(39)37-20-12-17(25(30,31)32)10-18(13-20)26(33,34)35/h2-8,10-13,21H,9H2,1H3,(H,36,38)(H,37,39). The average molecular weight is 562 g/mol. The highest BCUT2D eigenvalue weighted by molar-refractivity contribution is 6.11. The van der Waals surface area contributed by atoms with Crippen LogP contribution in [0.5, 0.6) is 0 Å². The Kier molecular flexibility index (Phi) is 8.32. The van der Waals surface area contributed by atoms with Crippen LogP contribution in [0.25, 0.3) is 0 Å². The van der Waals surface area contributed by atoms with Gasteiger partial charge in [-0.3, -0.25) is 9.59 Å². The first-order valence-electron chi connectivity index (χ1n) is 11.1. The molecule has 0 heterocycles. The molecule has 0 radical (unpaired) electrons. The summed E-state index contributed by atoms with van der Waals surface area (Å²) in [5, 5.41) is 4.11. The maximum Gasteiger partial charge on any atom is 0.416 e. The summed E-state index contributed by atoms with van der Waals surface area (Å²) in [4.78, 5) is 26.1. The number of alkyl halides is 9. The van der Waals surface area contributed by atoms with Crippen molar-refractivity contribution in [2.45, 2.75) is 31.9 Å². The zero-order valence-electron chi connectivity index (χ0n) is 19.9. The molecule has 4 nitrogen and oxygen atoms in total. The summed E-state index contributed by atoms with van der Waals surface area (Å²) in [6, 6.07) is 10.8. The van der Waals surface area contributed by atoms with Crippen LogP contribution in [0.1, 0.15) is 27.8 Å². The fourth-order valence-corrected chi connectivity index (χ4v) is 3.66. The smallest absolute Gasteiger partial charge is 0.325 e. The van der Waals surface area contributed by atoms with Gasteiger partial charge in [0.05, 0.1) is 16.7 Å². The summed E-state index contributed by atoms with van der Waals surface area (Å²) in [5.74, 6) is -4.14. The lowest BCUT2D eigenvalue weighted by Gasteiger charge is -2.19. The van der Waals surface area contributed by atoms with Gasteiger partial charge in [-0.2, -0.15) is 39.5 Å². The van der Waals surface area contributed by atoms with E-state index in [1.165, 1.54) is 25.1 Å². The molecule has 39 heavy (non-hydrogen) atoms. The van der Waals surface area contributed by atoms with Gasteiger partial charge in [0.2, 0.25) is 11.8 Å². The first-order chi connectivity index (χ1) is 17.9. The van der Waals surface area contributed by atoms with Crippen LogP contribution in [0.15, 0.2) is 66.7 Å². The maximum absolute atomic E-state index is 13.2. The van der Waals surface area contributed by atoms with E-state index in [2.05, 4.69) is 5.32 Å². The van der Waals surface area contributed by atoms with Gasteiger partial charge in [0.1, 0.15) is 5.92 Å². The van der Waals surface area contributed by atoms with E-state index >= 15 is 0 Å². The normalized spacial score (nSPS) is 13.1. The van der Waals surface area contributed by atoms with Crippen LogP contribution >= 0.6 is 0 Å². The molecule has 2 amide bonds. The average Bonchev–Trinajstić information content (AvgIpc) is 2.80. The van der Waals surface area contributed by atoms with E-state index in [1.807, 2.05) is 5.32 Å². The van der Waals surface area contributed by atoms with E-state index in [0.717, 1.165) is 6.07 Å². The lowest BCUT2D eigenvalue weighted by atomic mass is 9.96. The van der Waals surface area contributed by atoms with Gasteiger partial charge in [0.25, 0.3) is 0 Å². The van der Waals surface area contributed by atoms with Crippen LogP contribution in [0.3, 0.4) is 0 Å². The number of nitrogens with one attached hydrogen (secondary N) is 2. The van der Waals surface area contributed by atoms with E-state index in [9.17, 15) is 49.1 Å². The van der Waals surface area contributed by atoms with Gasteiger partial charge in [0, 0.05) is 11.4 Å². The van der Waals surface area contributed by atoms with E-state index in [1.54, 1.807) is 18.2 Å². The Bertz CT molecular complexity index is 1320. The number of amides is 2. The molecule has 3 rings (SSSR count). The highest BCUT2D eigenvalue weighted by Gasteiger charge is 2.38. The number of benzene rings is 3. The molecule has 1 unspecified atom stereocenters. The Morgan fingerprint density at radius 1 is 0.641 bits per heavy atom. The Balaban J connectivity index is 1.97. The summed E-state index contributed by atoms with van der Waals surface area (Å²) in [6.45, 7) is 1.34. The van der Waals surface area contributed by atoms with Crippen molar-refractivity contribution in [3.63, 3.8) is 0 Å². The number of carbonyl (C=O) groups is 2. The molecule has 13 heteroatoms. The summed E-state index contributed by atoms with van der Waals surface area (Å²) in [7, 11) is 0. The Morgan fingerprint density at radius 2 is 1.05 bits per heavy atom. The minimum Gasteiger partial charge on any atom is -0.325 e. The number of hydrogen-bond donors (Lipinski definition) is 2. The van der Waals surface area contributed by atoms with E-state index in [0.29, 0.717) is 11.6 Å². The molecular weight excluding hydrogens is 543 g/mol. The molecule has 0 aromatic heterocycles. The van der Waals surface area contributed by atoms with Crippen LogP contribution < -0.4 is 10.6 Å². The minimum absolute atomic E-state index is 0.125. The first kappa shape index (κ1) is 29.5. The van der Waals surface area contributed by atoms with Gasteiger partial charge in [-0.25, -0.2) is 0 Å². The van der Waals surface area contributed by atoms with Crippen molar-refractivity contribution in [3.8, 4) is 0 Å². The minimum atomic E-state index is -5.18. The van der Waals surface area contributed by atoms with E-state index in [4.69, 9.17) is 0 Å². The molecular formula is C26H19F9N2O2. The molecule has 208 valence electrons. The Hall–Kier alpha value is -4.03. The molecule has 0 spiro atoms. The van der Waals surface area contributed by atoms with Crippen molar-refractivity contribution in [3.05, 3.63) is 94.5 Å². The highest BCUT2D eigenvalue weighted by Crippen LogP contribution is 2.38. The summed E-state index contributed by atoms with van der Waals surface area (Å²) >= 11 is 0. The van der Waals surface area contributed by atoms with Crippen molar-refractivity contribution < 1.29 is 49.1 Å². The lowest BCUT2D eigenvalue weighted by molar-refractivity contribution is -0.143. The van der Waals surface area contributed by atoms with Crippen LogP contribution in [0.2, 0.25) is 0 Å².